The molecule has 0 bridgehead atoms. The number of carbonyl (C=O) groups excluding carboxylic acids is 1. The van der Waals surface area contributed by atoms with Crippen LogP contribution >= 0.6 is 11.6 Å². The van der Waals surface area contributed by atoms with Crippen LogP contribution in [0.25, 0.3) is 0 Å². The van der Waals surface area contributed by atoms with Crippen molar-refractivity contribution in [3.8, 4) is 0 Å². The molecular weight excluding hydrogens is 77.5 g/mol. The van der Waals surface area contributed by atoms with Gasteiger partial charge in [0.05, 0.1) is 0 Å². The highest BCUT2D eigenvalue weighted by Crippen LogP contribution is 1.67. The molecule has 0 N–H and O–H groups in total. The SMILES string of the molecule is [13CH3][13C](=O)Cl. The fourth-order valence-corrected chi connectivity index (χ4v) is 0. The topological polar surface area (TPSA) is 17.1 Å². The molecule has 0 aromatic carbocycles. The molecule has 0 heterocycles. The Morgan fingerprint density at radius 1 is 2.00 bits per heavy atom. The van der Waals surface area contributed by atoms with E-state index < -0.39 is 0 Å². The molecule has 0 unspecified atom stereocenters. The van der Waals surface area contributed by atoms with E-state index in [1.54, 1.807) is 0 Å². The molecule has 0 saturated carbocycles. The molecule has 2 heteroatoms. The second-order valence-electron chi connectivity index (χ2n) is 0.470. The molecule has 24 valence electrons. The zero-order valence-corrected chi connectivity index (χ0v) is 3.04. The smallest absolute Gasteiger partial charge is 0.218 e. The van der Waals surface area contributed by atoms with Gasteiger partial charge in [-0.3, -0.25) is 4.79 Å². The van der Waals surface area contributed by atoms with Gasteiger partial charge in [0.25, 0.3) is 0 Å². The van der Waals surface area contributed by atoms with Crippen molar-refractivity contribution in [1.82, 2.24) is 0 Å². The van der Waals surface area contributed by atoms with Crippen molar-refractivity contribution in [2.75, 3.05) is 0 Å². The molecule has 0 aliphatic carbocycles. The van der Waals surface area contributed by atoms with Crippen LogP contribution in [0.4, 0.5) is 0 Å². The van der Waals surface area contributed by atoms with Crippen molar-refractivity contribution >= 4 is 16.8 Å². The monoisotopic (exact) mass is 80.0 g/mol. The lowest BCUT2D eigenvalue weighted by atomic mass is 11.9. The van der Waals surface area contributed by atoms with Gasteiger partial charge in [0, 0.05) is 6.92 Å². The summed E-state index contributed by atoms with van der Waals surface area (Å²) in [5.74, 6) is 0. The van der Waals surface area contributed by atoms with Gasteiger partial charge in [-0.05, 0) is 11.6 Å². The Morgan fingerprint density at radius 3 is 2.00 bits per heavy atom. The maximum Gasteiger partial charge on any atom is 0.218 e. The summed E-state index contributed by atoms with van der Waals surface area (Å²) in [6, 6.07) is 0. The van der Waals surface area contributed by atoms with Crippen molar-refractivity contribution in [2.24, 2.45) is 0 Å². The summed E-state index contributed by atoms with van der Waals surface area (Å²) in [4.78, 5) is 9.21. The minimum absolute atomic E-state index is 0.361. The van der Waals surface area contributed by atoms with Crippen LogP contribution in [0, 0.1) is 0 Å². The van der Waals surface area contributed by atoms with E-state index in [9.17, 15) is 4.79 Å². The second kappa shape index (κ2) is 1.30. The molecule has 0 atom stereocenters. The lowest BCUT2D eigenvalue weighted by Crippen LogP contribution is -1.62. The minimum Gasteiger partial charge on any atom is -0.282 e. The first-order chi connectivity index (χ1) is 1.73. The zero-order valence-electron chi connectivity index (χ0n) is 2.29. The minimum atomic E-state index is -0.361. The summed E-state index contributed by atoms with van der Waals surface area (Å²) in [7, 11) is 0. The van der Waals surface area contributed by atoms with Crippen LogP contribution in [-0.4, -0.2) is 5.24 Å². The van der Waals surface area contributed by atoms with Gasteiger partial charge >= 0.3 is 0 Å². The fourth-order valence-electron chi connectivity index (χ4n) is 0. The van der Waals surface area contributed by atoms with Crippen LogP contribution < -0.4 is 0 Å². The Kier molecular flexibility index (Phi) is 1.28. The summed E-state index contributed by atoms with van der Waals surface area (Å²) in [5, 5.41) is -0.361. The number of hydrogen-bond donors (Lipinski definition) is 0. The van der Waals surface area contributed by atoms with Crippen molar-refractivity contribution in [3.63, 3.8) is 0 Å². The standard InChI is InChI=1S/C2H3ClO/c1-2(3)4/h1H3/i1+1,2+1. The van der Waals surface area contributed by atoms with Gasteiger partial charge in [0.1, 0.15) is 0 Å². The molecule has 0 aromatic rings. The van der Waals surface area contributed by atoms with Crippen molar-refractivity contribution < 1.29 is 4.79 Å². The van der Waals surface area contributed by atoms with Gasteiger partial charge in [0.2, 0.25) is 5.24 Å². The van der Waals surface area contributed by atoms with Crippen molar-refractivity contribution in [1.29, 1.82) is 0 Å². The average molecular weight is 80.5 g/mol. The van der Waals surface area contributed by atoms with E-state index in [2.05, 4.69) is 11.6 Å². The number of rotatable bonds is 0. The van der Waals surface area contributed by atoms with Crippen LogP contribution in [0.1, 0.15) is 6.92 Å². The van der Waals surface area contributed by atoms with E-state index >= 15 is 0 Å². The maximum absolute atomic E-state index is 9.21. The molecular formula is C2H3ClO. The van der Waals surface area contributed by atoms with E-state index in [4.69, 9.17) is 0 Å². The Hall–Kier alpha value is -0.0400. The molecule has 0 aliphatic rings. The Balaban J connectivity index is 2.80. The largest absolute Gasteiger partial charge is 0.282 e. The first kappa shape index (κ1) is 3.96. The van der Waals surface area contributed by atoms with Gasteiger partial charge in [0.15, 0.2) is 0 Å². The van der Waals surface area contributed by atoms with E-state index in [-0.39, 0.29) is 5.24 Å². The number of hydrogen-bond acceptors (Lipinski definition) is 1. The Morgan fingerprint density at radius 2 is 2.00 bits per heavy atom. The van der Waals surface area contributed by atoms with E-state index in [0.717, 1.165) is 0 Å². The molecule has 1 nitrogen and oxygen atoms in total. The van der Waals surface area contributed by atoms with E-state index in [1.807, 2.05) is 0 Å². The third kappa shape index (κ3) is 1130. The molecule has 0 spiro atoms. The molecule has 0 rings (SSSR count). The number of halogens is 1. The van der Waals surface area contributed by atoms with Crippen LogP contribution in [0.3, 0.4) is 0 Å². The van der Waals surface area contributed by atoms with Crippen LogP contribution in [0.2, 0.25) is 0 Å². The molecule has 0 aromatic heterocycles. The maximum atomic E-state index is 9.21. The summed E-state index contributed by atoms with van der Waals surface area (Å²) in [6.07, 6.45) is 0. The first-order valence-corrected chi connectivity index (χ1v) is 1.27. The third-order valence-electron chi connectivity index (χ3n) is 0. The lowest BCUT2D eigenvalue weighted by molar-refractivity contribution is -0.109. The highest BCUT2D eigenvalue weighted by molar-refractivity contribution is 6.62. The predicted octanol–water partition coefficient (Wildman–Crippen LogP) is 0.772. The predicted molar refractivity (Wildman–Crippen MR) is 16.5 cm³/mol. The molecule has 4 heavy (non-hydrogen) atoms. The Labute approximate surface area is 29.6 Å². The lowest BCUT2D eigenvalue weighted by Gasteiger charge is -1.52. The molecule has 0 saturated heterocycles. The van der Waals surface area contributed by atoms with Crippen molar-refractivity contribution in [2.45, 2.75) is 6.92 Å². The van der Waals surface area contributed by atoms with Crippen LogP contribution in [0.15, 0.2) is 0 Å². The van der Waals surface area contributed by atoms with E-state index in [0.29, 0.717) is 0 Å². The highest BCUT2D eigenvalue weighted by atomic mass is 35.5. The van der Waals surface area contributed by atoms with Gasteiger partial charge in [-0.1, -0.05) is 0 Å². The normalized spacial score (nSPS) is 6.50. The van der Waals surface area contributed by atoms with Crippen molar-refractivity contribution in [3.05, 3.63) is 0 Å². The van der Waals surface area contributed by atoms with Crippen LogP contribution in [-0.2, 0) is 4.79 Å². The average Bonchev–Trinajstić information content (AvgIpc) is 0.811. The summed E-state index contributed by atoms with van der Waals surface area (Å²) in [5.41, 5.74) is 0. The van der Waals surface area contributed by atoms with Gasteiger partial charge < -0.3 is 0 Å². The van der Waals surface area contributed by atoms with Gasteiger partial charge in [-0.25, -0.2) is 0 Å². The zero-order chi connectivity index (χ0) is 3.58. The van der Waals surface area contributed by atoms with Gasteiger partial charge in [-0.15, -0.1) is 0 Å². The summed E-state index contributed by atoms with van der Waals surface area (Å²) in [6.45, 7) is 1.29. The first-order valence-electron chi connectivity index (χ1n) is 0.893. The number of carbonyl (C=O) groups is 1. The second-order valence-corrected chi connectivity index (χ2v) is 1.00. The Bertz CT molecular complexity index is 29.0. The fraction of sp³-hybridized carbons (Fsp3) is 0.500. The molecule has 0 radical (unpaired) electrons. The third-order valence-corrected chi connectivity index (χ3v) is 0. The molecule has 0 aliphatic heterocycles. The van der Waals surface area contributed by atoms with Gasteiger partial charge in [-0.2, -0.15) is 0 Å². The quantitative estimate of drug-likeness (QED) is 0.310. The summed E-state index contributed by atoms with van der Waals surface area (Å²) < 4.78 is 0. The summed E-state index contributed by atoms with van der Waals surface area (Å²) >= 11 is 4.64. The molecule has 0 fully saturated rings. The van der Waals surface area contributed by atoms with Crippen LogP contribution in [0.5, 0.6) is 0 Å². The highest BCUT2D eigenvalue weighted by Gasteiger charge is 1.67. The molecule has 0 amide bonds. The van der Waals surface area contributed by atoms with E-state index in [1.165, 1.54) is 6.92 Å².